The molecule has 1 amide bonds. The molecule has 138 valence electrons. The maximum absolute atomic E-state index is 11.9. The molecule has 0 atom stereocenters. The fourth-order valence-electron chi connectivity index (χ4n) is 2.35. The van der Waals surface area contributed by atoms with Gasteiger partial charge in [0.15, 0.2) is 12.4 Å². The minimum Gasteiger partial charge on any atom is -0.482 e. The molecule has 0 unspecified atom stereocenters. The lowest BCUT2D eigenvalue weighted by molar-refractivity contribution is -0.123. The number of carbonyl (C=O) groups excluding carboxylic acids is 1. The molecule has 0 fully saturated rings. The van der Waals surface area contributed by atoms with Crippen molar-refractivity contribution >= 4 is 29.1 Å². The molecule has 0 saturated carbocycles. The lowest BCUT2D eigenvalue weighted by Gasteiger charge is -2.09. The Morgan fingerprint density at radius 3 is 2.48 bits per heavy atom. The summed E-state index contributed by atoms with van der Waals surface area (Å²) in [7, 11) is 0. The molecule has 0 aliphatic rings. The van der Waals surface area contributed by atoms with Gasteiger partial charge in [-0.05, 0) is 30.2 Å². The minimum atomic E-state index is -0.233. The van der Waals surface area contributed by atoms with Gasteiger partial charge in [-0.25, -0.2) is 9.97 Å². The molecule has 0 aliphatic heterocycles. The van der Waals surface area contributed by atoms with Gasteiger partial charge in [0.2, 0.25) is 0 Å². The van der Waals surface area contributed by atoms with Gasteiger partial charge in [0.25, 0.3) is 5.91 Å². The molecule has 0 bridgehead atoms. The van der Waals surface area contributed by atoms with E-state index in [-0.39, 0.29) is 12.5 Å². The van der Waals surface area contributed by atoms with Gasteiger partial charge in [0, 0.05) is 29.5 Å². The van der Waals surface area contributed by atoms with Crippen molar-refractivity contribution in [3.63, 3.8) is 0 Å². The Hall–Kier alpha value is -2.63. The maximum atomic E-state index is 11.9. The summed E-state index contributed by atoms with van der Waals surface area (Å²) in [6, 6.07) is 14.6. The third kappa shape index (κ3) is 5.67. The summed E-state index contributed by atoms with van der Waals surface area (Å²) in [5, 5.41) is 3.67. The summed E-state index contributed by atoms with van der Waals surface area (Å²) in [5.41, 5.74) is 1.91. The second-order valence-corrected chi connectivity index (χ2v) is 6.59. The van der Waals surface area contributed by atoms with Crippen LogP contribution in [0.15, 0.2) is 60.9 Å². The Bertz CT molecular complexity index is 903. The number of carbonyl (C=O) groups is 1. The first kappa shape index (κ1) is 19.1. The van der Waals surface area contributed by atoms with E-state index in [9.17, 15) is 4.79 Å². The topological polar surface area (TPSA) is 64.1 Å². The molecule has 5 nitrogen and oxygen atoms in total. The maximum Gasteiger partial charge on any atom is 0.257 e. The number of hydrogen-bond acceptors (Lipinski definition) is 4. The van der Waals surface area contributed by atoms with Crippen molar-refractivity contribution in [2.75, 3.05) is 13.2 Å². The van der Waals surface area contributed by atoms with Crippen molar-refractivity contribution < 1.29 is 9.53 Å². The summed E-state index contributed by atoms with van der Waals surface area (Å²) in [6.07, 6.45) is 4.17. The number of amides is 1. The lowest BCUT2D eigenvalue weighted by atomic mass is 10.2. The number of benzene rings is 2. The van der Waals surface area contributed by atoms with E-state index in [0.717, 1.165) is 11.1 Å². The Labute approximate surface area is 167 Å². The van der Waals surface area contributed by atoms with Crippen LogP contribution < -0.4 is 10.1 Å². The molecule has 0 aliphatic carbocycles. The molecule has 1 aromatic heterocycles. The molecule has 0 spiro atoms. The second kappa shape index (κ2) is 9.35. The van der Waals surface area contributed by atoms with Gasteiger partial charge in [-0.2, -0.15) is 0 Å². The normalized spacial score (nSPS) is 10.4. The van der Waals surface area contributed by atoms with E-state index in [0.29, 0.717) is 34.6 Å². The van der Waals surface area contributed by atoms with Crippen molar-refractivity contribution in [3.8, 4) is 17.1 Å². The number of nitrogens with zero attached hydrogens (tertiary/aromatic N) is 2. The van der Waals surface area contributed by atoms with E-state index in [1.807, 2.05) is 30.3 Å². The zero-order valence-electron chi connectivity index (χ0n) is 14.4. The monoisotopic (exact) mass is 401 g/mol. The SMILES string of the molecule is O=C(COc1ccc(Cl)cc1Cl)NCCc1cnc(-c2ccccc2)nc1. The van der Waals surface area contributed by atoms with E-state index < -0.39 is 0 Å². The molecule has 3 rings (SSSR count). The molecule has 7 heteroatoms. The van der Waals surface area contributed by atoms with Crippen molar-refractivity contribution in [3.05, 3.63) is 76.5 Å². The Balaban J connectivity index is 1.43. The van der Waals surface area contributed by atoms with Crippen LogP contribution in [0.4, 0.5) is 0 Å². The van der Waals surface area contributed by atoms with E-state index in [1.54, 1.807) is 30.6 Å². The van der Waals surface area contributed by atoms with Crippen molar-refractivity contribution in [1.82, 2.24) is 15.3 Å². The highest BCUT2D eigenvalue weighted by atomic mass is 35.5. The van der Waals surface area contributed by atoms with Crippen LogP contribution in [0.3, 0.4) is 0 Å². The molecule has 0 saturated heterocycles. The quantitative estimate of drug-likeness (QED) is 0.644. The Morgan fingerprint density at radius 1 is 1.04 bits per heavy atom. The van der Waals surface area contributed by atoms with Crippen molar-refractivity contribution in [1.29, 1.82) is 0 Å². The predicted octanol–water partition coefficient (Wildman–Crippen LogP) is 4.19. The van der Waals surface area contributed by atoms with Crippen molar-refractivity contribution in [2.45, 2.75) is 6.42 Å². The van der Waals surface area contributed by atoms with E-state index in [2.05, 4.69) is 15.3 Å². The highest BCUT2D eigenvalue weighted by molar-refractivity contribution is 6.35. The summed E-state index contributed by atoms with van der Waals surface area (Å²) in [6.45, 7) is 0.343. The van der Waals surface area contributed by atoms with Crippen LogP contribution in [-0.4, -0.2) is 29.0 Å². The minimum absolute atomic E-state index is 0.120. The summed E-state index contributed by atoms with van der Waals surface area (Å²) >= 11 is 11.8. The number of rotatable bonds is 7. The third-order valence-electron chi connectivity index (χ3n) is 3.73. The smallest absolute Gasteiger partial charge is 0.257 e. The number of ether oxygens (including phenoxy) is 1. The first-order valence-electron chi connectivity index (χ1n) is 8.33. The highest BCUT2D eigenvalue weighted by Gasteiger charge is 2.07. The number of aromatic nitrogens is 2. The second-order valence-electron chi connectivity index (χ2n) is 5.74. The number of nitrogens with one attached hydrogen (secondary N) is 1. The largest absolute Gasteiger partial charge is 0.482 e. The first-order chi connectivity index (χ1) is 13.1. The van der Waals surface area contributed by atoms with E-state index >= 15 is 0 Å². The number of hydrogen-bond donors (Lipinski definition) is 1. The van der Waals surface area contributed by atoms with E-state index in [1.165, 1.54) is 0 Å². The van der Waals surface area contributed by atoms with Gasteiger partial charge in [-0.15, -0.1) is 0 Å². The summed E-state index contributed by atoms with van der Waals surface area (Å²) in [4.78, 5) is 20.6. The molecule has 3 aromatic rings. The van der Waals surface area contributed by atoms with Gasteiger partial charge in [0.05, 0.1) is 5.02 Å². The molecular formula is C20H17Cl2N3O2. The third-order valence-corrected chi connectivity index (χ3v) is 4.26. The lowest BCUT2D eigenvalue weighted by Crippen LogP contribution is -2.30. The molecule has 27 heavy (non-hydrogen) atoms. The fraction of sp³-hybridized carbons (Fsp3) is 0.150. The van der Waals surface area contributed by atoms with Gasteiger partial charge in [-0.3, -0.25) is 4.79 Å². The van der Waals surface area contributed by atoms with E-state index in [4.69, 9.17) is 27.9 Å². The molecular weight excluding hydrogens is 385 g/mol. The average molecular weight is 402 g/mol. The van der Waals surface area contributed by atoms with Crippen LogP contribution in [0, 0.1) is 0 Å². The van der Waals surface area contributed by atoms with Gasteiger partial charge < -0.3 is 10.1 Å². The first-order valence-corrected chi connectivity index (χ1v) is 9.08. The average Bonchev–Trinajstić information content (AvgIpc) is 2.68. The van der Waals surface area contributed by atoms with Crippen LogP contribution in [0.1, 0.15) is 5.56 Å². The van der Waals surface area contributed by atoms with Crippen LogP contribution >= 0.6 is 23.2 Å². The highest BCUT2D eigenvalue weighted by Crippen LogP contribution is 2.27. The van der Waals surface area contributed by atoms with Gasteiger partial charge >= 0.3 is 0 Å². The summed E-state index contributed by atoms with van der Waals surface area (Å²) in [5.74, 6) is 0.862. The molecule has 1 heterocycles. The van der Waals surface area contributed by atoms with Crippen LogP contribution in [0.2, 0.25) is 10.0 Å². The van der Waals surface area contributed by atoms with Crippen LogP contribution in [-0.2, 0) is 11.2 Å². The Kier molecular flexibility index (Phi) is 6.63. The summed E-state index contributed by atoms with van der Waals surface area (Å²) < 4.78 is 5.39. The predicted molar refractivity (Wildman–Crippen MR) is 106 cm³/mol. The van der Waals surface area contributed by atoms with Gasteiger partial charge in [0.1, 0.15) is 5.75 Å². The Morgan fingerprint density at radius 2 is 1.78 bits per heavy atom. The molecule has 0 radical (unpaired) electrons. The molecule has 1 N–H and O–H groups in total. The van der Waals surface area contributed by atoms with Gasteiger partial charge in [-0.1, -0.05) is 53.5 Å². The fourth-order valence-corrected chi connectivity index (χ4v) is 2.82. The van der Waals surface area contributed by atoms with Crippen LogP contribution in [0.5, 0.6) is 5.75 Å². The molecule has 2 aromatic carbocycles. The number of halogens is 2. The zero-order chi connectivity index (χ0) is 19.1. The van der Waals surface area contributed by atoms with Crippen molar-refractivity contribution in [2.24, 2.45) is 0 Å². The standard InChI is InChI=1S/C20H17Cl2N3O2/c21-16-6-7-18(17(22)10-16)27-13-19(26)23-9-8-14-11-24-20(25-12-14)15-4-2-1-3-5-15/h1-7,10-12H,8-9,13H2,(H,23,26). The van der Waals surface area contributed by atoms with Crippen LogP contribution in [0.25, 0.3) is 11.4 Å². The zero-order valence-corrected chi connectivity index (χ0v) is 15.9.